The number of benzene rings is 1. The summed E-state index contributed by atoms with van der Waals surface area (Å²) >= 11 is 0. The normalized spacial score (nSPS) is 10.5. The van der Waals surface area contributed by atoms with Crippen molar-refractivity contribution in [1.82, 2.24) is 19.7 Å². The minimum Gasteiger partial charge on any atom is -0.338 e. The second kappa shape index (κ2) is 6.17. The molecular weight excluding hydrogens is 262 g/mol. The van der Waals surface area contributed by atoms with E-state index in [0.29, 0.717) is 0 Å². The molecule has 1 N–H and O–H groups in total. The lowest BCUT2D eigenvalue weighted by Crippen LogP contribution is -2.00. The summed E-state index contributed by atoms with van der Waals surface area (Å²) in [5, 5.41) is 7.48. The third-order valence-electron chi connectivity index (χ3n) is 3.14. The number of hydrogen-bond acceptors (Lipinski definition) is 4. The monoisotopic (exact) mass is 279 g/mol. The first-order valence-corrected chi connectivity index (χ1v) is 6.99. The maximum atomic E-state index is 4.54. The lowest BCUT2D eigenvalue weighted by atomic mass is 10.1. The molecule has 0 aliphatic rings. The Bertz CT molecular complexity index is 705. The van der Waals surface area contributed by atoms with Gasteiger partial charge in [-0.15, -0.1) is 0 Å². The molecule has 0 aliphatic carbocycles. The van der Waals surface area contributed by atoms with Gasteiger partial charge in [0.2, 0.25) is 0 Å². The van der Waals surface area contributed by atoms with Crippen molar-refractivity contribution < 1.29 is 0 Å². The van der Waals surface area contributed by atoms with E-state index in [1.807, 2.05) is 35.1 Å². The highest BCUT2D eigenvalue weighted by Crippen LogP contribution is 2.14. The Kier molecular flexibility index (Phi) is 3.91. The highest BCUT2D eigenvalue weighted by Gasteiger charge is 2.03. The molecule has 2 heterocycles. The van der Waals surface area contributed by atoms with Crippen molar-refractivity contribution >= 4 is 11.5 Å². The van der Waals surface area contributed by atoms with E-state index in [0.717, 1.165) is 30.3 Å². The molecule has 21 heavy (non-hydrogen) atoms. The van der Waals surface area contributed by atoms with Gasteiger partial charge in [-0.1, -0.05) is 30.3 Å². The molecule has 0 aliphatic heterocycles. The van der Waals surface area contributed by atoms with Crippen molar-refractivity contribution in [2.24, 2.45) is 0 Å². The summed E-state index contributed by atoms with van der Waals surface area (Å²) in [5.74, 6) is 1.58. The number of nitrogens with one attached hydrogen (secondary N) is 1. The van der Waals surface area contributed by atoms with Gasteiger partial charge in [0.15, 0.2) is 0 Å². The van der Waals surface area contributed by atoms with Crippen LogP contribution >= 0.6 is 0 Å². The van der Waals surface area contributed by atoms with Crippen molar-refractivity contribution in [2.75, 3.05) is 5.32 Å². The summed E-state index contributed by atoms with van der Waals surface area (Å²) in [6.45, 7) is 2.91. The Hall–Kier alpha value is -2.69. The molecule has 5 heteroatoms. The fourth-order valence-corrected chi connectivity index (χ4v) is 2.08. The third kappa shape index (κ3) is 3.45. The van der Waals surface area contributed by atoms with E-state index >= 15 is 0 Å². The van der Waals surface area contributed by atoms with Crippen molar-refractivity contribution in [2.45, 2.75) is 19.9 Å². The van der Waals surface area contributed by atoms with Crippen LogP contribution in [0.15, 0.2) is 55.0 Å². The fraction of sp³-hybridized carbons (Fsp3) is 0.188. The first-order chi connectivity index (χ1) is 10.3. The lowest BCUT2D eigenvalue weighted by Gasteiger charge is -2.05. The highest BCUT2D eigenvalue weighted by atomic mass is 15.3. The summed E-state index contributed by atoms with van der Waals surface area (Å²) < 4.78 is 1.87. The van der Waals surface area contributed by atoms with E-state index in [-0.39, 0.29) is 0 Å². The van der Waals surface area contributed by atoms with E-state index in [4.69, 9.17) is 0 Å². The molecule has 3 rings (SSSR count). The van der Waals surface area contributed by atoms with Gasteiger partial charge in [-0.05, 0) is 18.6 Å². The van der Waals surface area contributed by atoms with Gasteiger partial charge in [-0.2, -0.15) is 5.10 Å². The van der Waals surface area contributed by atoms with Crippen LogP contribution in [0.5, 0.6) is 0 Å². The number of aryl methyl sites for hydroxylation is 1. The summed E-state index contributed by atoms with van der Waals surface area (Å²) in [6, 6.07) is 12.1. The molecule has 0 amide bonds. The highest BCUT2D eigenvalue weighted by molar-refractivity contribution is 5.53. The SMILES string of the molecule is CCn1cc(Nc2ccnc(Cc3ccccc3)n2)cn1. The molecule has 2 aromatic heterocycles. The first kappa shape index (κ1) is 13.3. The van der Waals surface area contributed by atoms with Crippen LogP contribution in [0.2, 0.25) is 0 Å². The largest absolute Gasteiger partial charge is 0.338 e. The molecular formula is C16H17N5. The van der Waals surface area contributed by atoms with Crippen LogP contribution in [0, 0.1) is 0 Å². The van der Waals surface area contributed by atoms with Crippen molar-refractivity contribution in [3.05, 3.63) is 66.4 Å². The molecule has 0 unspecified atom stereocenters. The predicted octanol–water partition coefficient (Wildman–Crippen LogP) is 3.03. The Morgan fingerprint density at radius 1 is 1.14 bits per heavy atom. The topological polar surface area (TPSA) is 55.6 Å². The maximum Gasteiger partial charge on any atom is 0.135 e. The predicted molar refractivity (Wildman–Crippen MR) is 82.5 cm³/mol. The Labute approximate surface area is 123 Å². The van der Waals surface area contributed by atoms with E-state index < -0.39 is 0 Å². The smallest absolute Gasteiger partial charge is 0.135 e. The summed E-state index contributed by atoms with van der Waals surface area (Å²) in [6.07, 6.45) is 6.25. The molecule has 0 fully saturated rings. The maximum absolute atomic E-state index is 4.54. The van der Waals surface area contributed by atoms with Gasteiger partial charge in [-0.25, -0.2) is 9.97 Å². The molecule has 0 saturated carbocycles. The van der Waals surface area contributed by atoms with Crippen molar-refractivity contribution in [1.29, 1.82) is 0 Å². The summed E-state index contributed by atoms with van der Waals surface area (Å²) in [4.78, 5) is 8.86. The van der Waals surface area contributed by atoms with Crippen LogP contribution < -0.4 is 5.32 Å². The standard InChI is InChI=1S/C16H17N5/c1-2-21-12-14(11-18-21)19-15-8-9-17-16(20-15)10-13-6-4-3-5-7-13/h3-9,11-12H,2,10H2,1H3,(H,17,19,20). The lowest BCUT2D eigenvalue weighted by molar-refractivity contribution is 0.660. The summed E-state index contributed by atoms with van der Waals surface area (Å²) in [5.41, 5.74) is 2.13. The zero-order chi connectivity index (χ0) is 14.5. The zero-order valence-corrected chi connectivity index (χ0v) is 11.9. The van der Waals surface area contributed by atoms with Crippen LogP contribution in [0.1, 0.15) is 18.3 Å². The van der Waals surface area contributed by atoms with Crippen LogP contribution in [0.3, 0.4) is 0 Å². The zero-order valence-electron chi connectivity index (χ0n) is 11.9. The molecule has 5 nitrogen and oxygen atoms in total. The fourth-order valence-electron chi connectivity index (χ4n) is 2.08. The first-order valence-electron chi connectivity index (χ1n) is 6.99. The quantitative estimate of drug-likeness (QED) is 0.780. The average molecular weight is 279 g/mol. The van der Waals surface area contributed by atoms with Gasteiger partial charge in [0.25, 0.3) is 0 Å². The van der Waals surface area contributed by atoms with E-state index in [9.17, 15) is 0 Å². The van der Waals surface area contributed by atoms with Gasteiger partial charge in [0, 0.05) is 25.4 Å². The Morgan fingerprint density at radius 3 is 2.76 bits per heavy atom. The minimum atomic E-state index is 0.727. The Balaban J connectivity index is 1.73. The molecule has 0 atom stereocenters. The van der Waals surface area contributed by atoms with E-state index in [2.05, 4.69) is 39.4 Å². The average Bonchev–Trinajstić information content (AvgIpc) is 2.96. The second-order valence-corrected chi connectivity index (χ2v) is 4.73. The molecule has 0 spiro atoms. The third-order valence-corrected chi connectivity index (χ3v) is 3.14. The van der Waals surface area contributed by atoms with Crippen LogP contribution in [0.4, 0.5) is 11.5 Å². The number of rotatable bonds is 5. The van der Waals surface area contributed by atoms with Crippen LogP contribution in [-0.2, 0) is 13.0 Å². The molecule has 0 saturated heterocycles. The number of anilines is 2. The van der Waals surface area contributed by atoms with Crippen LogP contribution in [0.25, 0.3) is 0 Å². The Morgan fingerprint density at radius 2 is 2.00 bits per heavy atom. The second-order valence-electron chi connectivity index (χ2n) is 4.73. The minimum absolute atomic E-state index is 0.727. The van der Waals surface area contributed by atoms with E-state index in [1.165, 1.54) is 5.56 Å². The molecule has 3 aromatic rings. The van der Waals surface area contributed by atoms with Gasteiger partial charge in [-0.3, -0.25) is 4.68 Å². The van der Waals surface area contributed by atoms with Gasteiger partial charge in [0.05, 0.1) is 11.9 Å². The molecule has 0 bridgehead atoms. The van der Waals surface area contributed by atoms with E-state index in [1.54, 1.807) is 12.4 Å². The number of hydrogen-bond donors (Lipinski definition) is 1. The van der Waals surface area contributed by atoms with Gasteiger partial charge >= 0.3 is 0 Å². The van der Waals surface area contributed by atoms with Gasteiger partial charge < -0.3 is 5.32 Å². The molecule has 0 radical (unpaired) electrons. The number of nitrogens with zero attached hydrogens (tertiary/aromatic N) is 4. The van der Waals surface area contributed by atoms with Crippen molar-refractivity contribution in [3.63, 3.8) is 0 Å². The molecule has 106 valence electrons. The van der Waals surface area contributed by atoms with Crippen molar-refractivity contribution in [3.8, 4) is 0 Å². The molecule has 1 aromatic carbocycles. The van der Waals surface area contributed by atoms with Gasteiger partial charge in [0.1, 0.15) is 11.6 Å². The number of aromatic nitrogens is 4. The summed E-state index contributed by atoms with van der Waals surface area (Å²) in [7, 11) is 0. The van der Waals surface area contributed by atoms with Crippen LogP contribution in [-0.4, -0.2) is 19.7 Å².